The molecule has 1 heterocycles. The van der Waals surface area contributed by atoms with Crippen LogP contribution >= 0.6 is 12.2 Å². The van der Waals surface area contributed by atoms with Crippen molar-refractivity contribution in [3.05, 3.63) is 0 Å². The lowest BCUT2D eigenvalue weighted by molar-refractivity contribution is -0.123. The van der Waals surface area contributed by atoms with E-state index in [1.165, 1.54) is 0 Å². The van der Waals surface area contributed by atoms with E-state index >= 15 is 0 Å². The number of carbonyl (C=O) groups is 1. The van der Waals surface area contributed by atoms with Gasteiger partial charge in [0.2, 0.25) is 5.91 Å². The van der Waals surface area contributed by atoms with Crippen LogP contribution in [0, 0.1) is 0 Å². The Bertz CT molecular complexity index is 227. The Morgan fingerprint density at radius 2 is 2.50 bits per heavy atom. The van der Waals surface area contributed by atoms with Gasteiger partial charge in [-0.2, -0.15) is 0 Å². The van der Waals surface area contributed by atoms with Crippen molar-refractivity contribution in [3.8, 4) is 0 Å². The molecule has 1 amide bonds. The van der Waals surface area contributed by atoms with Gasteiger partial charge in [-0.15, -0.1) is 0 Å². The molecule has 0 aliphatic carbocycles. The van der Waals surface area contributed by atoms with Gasteiger partial charge >= 0.3 is 0 Å². The van der Waals surface area contributed by atoms with Crippen LogP contribution in [-0.2, 0) is 9.53 Å². The first-order chi connectivity index (χ1) is 6.59. The Balaban J connectivity index is 2.24. The van der Waals surface area contributed by atoms with Crippen molar-refractivity contribution in [2.75, 3.05) is 6.61 Å². The molecule has 1 aliphatic heterocycles. The summed E-state index contributed by atoms with van der Waals surface area (Å²) in [5.41, 5.74) is 5.38. The fraction of sp³-hybridized carbons (Fsp3) is 0.778. The highest BCUT2D eigenvalue weighted by Gasteiger charge is 2.20. The summed E-state index contributed by atoms with van der Waals surface area (Å²) in [6, 6.07) is -0.237. The molecule has 4 nitrogen and oxygen atoms in total. The van der Waals surface area contributed by atoms with E-state index in [0.29, 0.717) is 11.4 Å². The number of amides is 1. The number of ether oxygens (including phenoxy) is 1. The van der Waals surface area contributed by atoms with E-state index in [1.54, 1.807) is 6.92 Å². The van der Waals surface area contributed by atoms with E-state index in [2.05, 4.69) is 5.32 Å². The van der Waals surface area contributed by atoms with E-state index < -0.39 is 0 Å². The number of rotatable bonds is 4. The minimum Gasteiger partial charge on any atom is -0.392 e. The number of hydrogen-bond donors (Lipinski definition) is 2. The van der Waals surface area contributed by atoms with Gasteiger partial charge in [-0.3, -0.25) is 4.79 Å². The molecule has 3 N–H and O–H groups in total. The zero-order chi connectivity index (χ0) is 10.6. The van der Waals surface area contributed by atoms with E-state index in [-0.39, 0.29) is 18.1 Å². The van der Waals surface area contributed by atoms with Crippen LogP contribution in [0.4, 0.5) is 0 Å². The highest BCUT2D eigenvalue weighted by Crippen LogP contribution is 2.14. The number of nitrogens with one attached hydrogen (secondary N) is 1. The SMILES string of the molecule is CC(NC(=O)CC1CCCO1)C(N)=S. The number of nitrogens with two attached hydrogens (primary N) is 1. The highest BCUT2D eigenvalue weighted by atomic mass is 32.1. The molecule has 2 unspecified atom stereocenters. The quantitative estimate of drug-likeness (QED) is 0.665. The average molecular weight is 216 g/mol. The summed E-state index contributed by atoms with van der Waals surface area (Å²) in [7, 11) is 0. The minimum absolute atomic E-state index is 0.0443. The molecule has 2 atom stereocenters. The Labute approximate surface area is 89.2 Å². The van der Waals surface area contributed by atoms with Crippen LogP contribution < -0.4 is 11.1 Å². The van der Waals surface area contributed by atoms with Crippen molar-refractivity contribution in [1.29, 1.82) is 0 Å². The molecule has 0 aromatic heterocycles. The third-order valence-electron chi connectivity index (χ3n) is 2.24. The van der Waals surface area contributed by atoms with Gasteiger partial charge in [0.15, 0.2) is 0 Å². The molecule has 0 aromatic carbocycles. The topological polar surface area (TPSA) is 64.3 Å². The third kappa shape index (κ3) is 3.59. The van der Waals surface area contributed by atoms with Crippen LogP contribution in [0.15, 0.2) is 0 Å². The van der Waals surface area contributed by atoms with Crippen LogP contribution in [0.1, 0.15) is 26.2 Å². The molecule has 1 rings (SSSR count). The van der Waals surface area contributed by atoms with Crippen LogP contribution in [0.5, 0.6) is 0 Å². The lowest BCUT2D eigenvalue weighted by Crippen LogP contribution is -2.42. The maximum atomic E-state index is 11.4. The summed E-state index contributed by atoms with van der Waals surface area (Å²) >= 11 is 4.75. The molecule has 1 fully saturated rings. The normalized spacial score (nSPS) is 23.1. The second-order valence-corrected chi connectivity index (χ2v) is 4.00. The smallest absolute Gasteiger partial charge is 0.223 e. The van der Waals surface area contributed by atoms with Gasteiger partial charge in [-0.05, 0) is 19.8 Å². The molecule has 14 heavy (non-hydrogen) atoms. The van der Waals surface area contributed by atoms with Crippen molar-refractivity contribution in [3.63, 3.8) is 0 Å². The van der Waals surface area contributed by atoms with Crippen LogP contribution in [-0.4, -0.2) is 29.6 Å². The molecule has 1 saturated heterocycles. The fourth-order valence-corrected chi connectivity index (χ4v) is 1.44. The molecule has 5 heteroatoms. The molecule has 1 aliphatic rings. The second kappa shape index (κ2) is 5.26. The number of carbonyl (C=O) groups excluding carboxylic acids is 1. The van der Waals surface area contributed by atoms with Crippen molar-refractivity contribution < 1.29 is 9.53 Å². The molecular formula is C9H16N2O2S. The number of thiocarbonyl (C=S) groups is 1. The monoisotopic (exact) mass is 216 g/mol. The average Bonchev–Trinajstić information content (AvgIpc) is 2.56. The van der Waals surface area contributed by atoms with Gasteiger partial charge in [0.1, 0.15) is 0 Å². The Kier molecular flexibility index (Phi) is 4.28. The Morgan fingerprint density at radius 1 is 1.79 bits per heavy atom. The molecule has 0 spiro atoms. The maximum Gasteiger partial charge on any atom is 0.223 e. The summed E-state index contributed by atoms with van der Waals surface area (Å²) in [5, 5.41) is 2.72. The Hall–Kier alpha value is -0.680. The third-order valence-corrected chi connectivity index (χ3v) is 2.59. The van der Waals surface area contributed by atoms with Gasteiger partial charge in [0.25, 0.3) is 0 Å². The van der Waals surface area contributed by atoms with Gasteiger partial charge < -0.3 is 15.8 Å². The summed E-state index contributed by atoms with van der Waals surface area (Å²) in [6.45, 7) is 2.54. The van der Waals surface area contributed by atoms with E-state index in [1.807, 2.05) is 0 Å². The van der Waals surface area contributed by atoms with Gasteiger partial charge in [0.05, 0.1) is 23.6 Å². The number of hydrogen-bond acceptors (Lipinski definition) is 3. The van der Waals surface area contributed by atoms with Crippen molar-refractivity contribution >= 4 is 23.1 Å². The van der Waals surface area contributed by atoms with Crippen molar-refractivity contribution in [2.24, 2.45) is 5.73 Å². The zero-order valence-electron chi connectivity index (χ0n) is 8.29. The van der Waals surface area contributed by atoms with E-state index in [9.17, 15) is 4.79 Å². The molecule has 0 bridgehead atoms. The first-order valence-corrected chi connectivity index (χ1v) is 5.20. The predicted octanol–water partition coefficient (Wildman–Crippen LogP) is 0.346. The molecule has 0 radical (unpaired) electrons. The summed E-state index contributed by atoms with van der Waals surface area (Å²) in [6.07, 6.45) is 2.50. The standard InChI is InChI=1S/C9H16N2O2S/c1-6(9(10)14)11-8(12)5-7-3-2-4-13-7/h6-7H,2-5H2,1H3,(H2,10,14)(H,11,12). The van der Waals surface area contributed by atoms with E-state index in [0.717, 1.165) is 19.4 Å². The lowest BCUT2D eigenvalue weighted by atomic mass is 10.1. The lowest BCUT2D eigenvalue weighted by Gasteiger charge is -2.14. The zero-order valence-corrected chi connectivity index (χ0v) is 9.10. The van der Waals surface area contributed by atoms with Gasteiger partial charge in [-0.25, -0.2) is 0 Å². The first kappa shape index (κ1) is 11.4. The fourth-order valence-electron chi connectivity index (χ4n) is 1.38. The maximum absolute atomic E-state index is 11.4. The minimum atomic E-state index is -0.237. The Morgan fingerprint density at radius 3 is 3.00 bits per heavy atom. The largest absolute Gasteiger partial charge is 0.392 e. The second-order valence-electron chi connectivity index (χ2n) is 3.53. The summed E-state index contributed by atoms with van der Waals surface area (Å²) in [5.74, 6) is -0.0443. The van der Waals surface area contributed by atoms with Crippen LogP contribution in [0.2, 0.25) is 0 Å². The van der Waals surface area contributed by atoms with Gasteiger partial charge in [0, 0.05) is 6.61 Å². The summed E-state index contributed by atoms with van der Waals surface area (Å²) in [4.78, 5) is 11.7. The van der Waals surface area contributed by atoms with E-state index in [4.69, 9.17) is 22.7 Å². The molecule has 80 valence electrons. The predicted molar refractivity (Wildman–Crippen MR) is 58.0 cm³/mol. The molecular weight excluding hydrogens is 200 g/mol. The van der Waals surface area contributed by atoms with Crippen molar-refractivity contribution in [1.82, 2.24) is 5.32 Å². The molecule has 0 saturated carbocycles. The molecule has 0 aromatic rings. The van der Waals surface area contributed by atoms with Gasteiger partial charge in [-0.1, -0.05) is 12.2 Å². The van der Waals surface area contributed by atoms with Crippen molar-refractivity contribution in [2.45, 2.75) is 38.3 Å². The van der Waals surface area contributed by atoms with Crippen LogP contribution in [0.3, 0.4) is 0 Å². The van der Waals surface area contributed by atoms with Crippen LogP contribution in [0.25, 0.3) is 0 Å². The first-order valence-electron chi connectivity index (χ1n) is 4.80. The highest BCUT2D eigenvalue weighted by molar-refractivity contribution is 7.80. The summed E-state index contributed by atoms with van der Waals surface area (Å²) < 4.78 is 5.34.